The topological polar surface area (TPSA) is 140 Å². The number of hydrogen-bond donors (Lipinski definition) is 3. The molecule has 140 valence electrons. The summed E-state index contributed by atoms with van der Waals surface area (Å²) >= 11 is 0. The van der Waals surface area contributed by atoms with Gasteiger partial charge in [-0.05, 0) is 24.3 Å². The first-order valence-electron chi connectivity index (χ1n) is 7.99. The molecular formula is C17H17N5O4S. The Balaban J connectivity index is 1.66. The molecule has 0 radical (unpaired) electrons. The first kappa shape index (κ1) is 18.5. The van der Waals surface area contributed by atoms with E-state index < -0.39 is 14.9 Å². The van der Waals surface area contributed by atoms with Crippen LogP contribution in [0.3, 0.4) is 0 Å². The molecule has 0 aliphatic heterocycles. The van der Waals surface area contributed by atoms with Crippen LogP contribution in [0.15, 0.2) is 59.5 Å². The third-order valence-electron chi connectivity index (χ3n) is 3.83. The van der Waals surface area contributed by atoms with Gasteiger partial charge in [0.1, 0.15) is 10.7 Å². The van der Waals surface area contributed by atoms with Crippen molar-refractivity contribution in [2.45, 2.75) is 4.90 Å². The Morgan fingerprint density at radius 3 is 2.52 bits per heavy atom. The maximum Gasteiger partial charge on any atom is 0.270 e. The number of nitrogens with zero attached hydrogens (tertiary/aromatic N) is 2. The van der Waals surface area contributed by atoms with Crippen molar-refractivity contribution in [3.05, 3.63) is 64.7 Å². The van der Waals surface area contributed by atoms with E-state index in [1.165, 1.54) is 12.1 Å². The Labute approximate surface area is 155 Å². The molecule has 0 fully saturated rings. The average Bonchev–Trinajstić information content (AvgIpc) is 2.64. The van der Waals surface area contributed by atoms with Gasteiger partial charge in [-0.1, -0.05) is 18.2 Å². The fraction of sp³-hybridized carbons (Fsp3) is 0.118. The highest BCUT2D eigenvalue weighted by Crippen LogP contribution is 2.25. The van der Waals surface area contributed by atoms with Crippen molar-refractivity contribution < 1.29 is 13.3 Å². The van der Waals surface area contributed by atoms with Gasteiger partial charge in [-0.15, -0.1) is 0 Å². The molecule has 9 nitrogen and oxygen atoms in total. The van der Waals surface area contributed by atoms with E-state index in [2.05, 4.69) is 15.6 Å². The van der Waals surface area contributed by atoms with Crippen molar-refractivity contribution in [2.75, 3.05) is 23.7 Å². The van der Waals surface area contributed by atoms with E-state index in [0.29, 0.717) is 18.9 Å². The van der Waals surface area contributed by atoms with Gasteiger partial charge in [0, 0.05) is 30.6 Å². The van der Waals surface area contributed by atoms with E-state index in [1.54, 1.807) is 0 Å². The van der Waals surface area contributed by atoms with E-state index in [9.17, 15) is 18.5 Å². The van der Waals surface area contributed by atoms with E-state index in [1.807, 2.05) is 36.4 Å². The Morgan fingerprint density at radius 2 is 1.78 bits per heavy atom. The van der Waals surface area contributed by atoms with Crippen LogP contribution in [0.2, 0.25) is 0 Å². The largest absolute Gasteiger partial charge is 0.382 e. The molecule has 4 N–H and O–H groups in total. The second kappa shape index (κ2) is 7.56. The van der Waals surface area contributed by atoms with Crippen LogP contribution in [0, 0.1) is 10.1 Å². The Bertz CT molecular complexity index is 1100. The number of rotatable bonds is 7. The summed E-state index contributed by atoms with van der Waals surface area (Å²) in [5.41, 5.74) is 0.724. The summed E-state index contributed by atoms with van der Waals surface area (Å²) < 4.78 is 23.4. The molecule has 0 spiro atoms. The third-order valence-corrected chi connectivity index (χ3v) is 4.78. The predicted molar refractivity (Wildman–Crippen MR) is 103 cm³/mol. The molecule has 27 heavy (non-hydrogen) atoms. The van der Waals surface area contributed by atoms with Crippen LogP contribution in [-0.4, -0.2) is 31.4 Å². The SMILES string of the molecule is NS(=O)(=O)c1cc([N+](=O)[O-])ccc1NCCNc1ccc2ccccc2n1. The highest BCUT2D eigenvalue weighted by atomic mass is 32.2. The zero-order valence-electron chi connectivity index (χ0n) is 14.1. The molecule has 0 unspecified atom stereocenters. The van der Waals surface area contributed by atoms with E-state index in [0.717, 1.165) is 17.0 Å². The number of pyridine rings is 1. The maximum absolute atomic E-state index is 11.7. The van der Waals surface area contributed by atoms with Crippen molar-refractivity contribution >= 4 is 38.1 Å². The number of para-hydroxylation sites is 1. The van der Waals surface area contributed by atoms with Gasteiger partial charge >= 0.3 is 0 Å². The van der Waals surface area contributed by atoms with Crippen LogP contribution < -0.4 is 15.8 Å². The van der Waals surface area contributed by atoms with Crippen LogP contribution in [0.25, 0.3) is 10.9 Å². The minimum Gasteiger partial charge on any atom is -0.382 e. The van der Waals surface area contributed by atoms with Crippen molar-refractivity contribution in [1.82, 2.24) is 4.98 Å². The lowest BCUT2D eigenvalue weighted by Crippen LogP contribution is -2.18. The summed E-state index contributed by atoms with van der Waals surface area (Å²) in [5, 5.41) is 23.1. The number of sulfonamides is 1. The van der Waals surface area contributed by atoms with Crippen LogP contribution in [0.4, 0.5) is 17.2 Å². The molecule has 0 bridgehead atoms. The zero-order chi connectivity index (χ0) is 19.4. The van der Waals surface area contributed by atoms with Gasteiger partial charge in [-0.25, -0.2) is 18.5 Å². The molecule has 3 aromatic rings. The fourth-order valence-electron chi connectivity index (χ4n) is 2.56. The highest BCUT2D eigenvalue weighted by Gasteiger charge is 2.18. The van der Waals surface area contributed by atoms with E-state index >= 15 is 0 Å². The fourth-order valence-corrected chi connectivity index (χ4v) is 3.29. The number of nitro benzene ring substituents is 1. The summed E-state index contributed by atoms with van der Waals surface area (Å²) in [4.78, 5) is 14.3. The molecular weight excluding hydrogens is 370 g/mol. The molecule has 0 aliphatic carbocycles. The first-order chi connectivity index (χ1) is 12.8. The van der Waals surface area contributed by atoms with E-state index in [4.69, 9.17) is 5.14 Å². The normalized spacial score (nSPS) is 11.3. The number of nitrogens with two attached hydrogens (primary N) is 1. The van der Waals surface area contributed by atoms with Gasteiger partial charge in [-0.2, -0.15) is 0 Å². The summed E-state index contributed by atoms with van der Waals surface area (Å²) in [6.07, 6.45) is 0. The van der Waals surface area contributed by atoms with Crippen LogP contribution in [0.1, 0.15) is 0 Å². The van der Waals surface area contributed by atoms with Gasteiger partial charge in [0.15, 0.2) is 0 Å². The summed E-state index contributed by atoms with van der Waals surface area (Å²) in [7, 11) is -4.10. The number of primary sulfonamides is 1. The van der Waals surface area contributed by atoms with Crippen LogP contribution in [0.5, 0.6) is 0 Å². The molecule has 3 rings (SSSR count). The molecule has 0 aliphatic rings. The molecule has 1 aromatic heterocycles. The smallest absolute Gasteiger partial charge is 0.270 e. The highest BCUT2D eigenvalue weighted by molar-refractivity contribution is 7.89. The average molecular weight is 387 g/mol. The molecule has 2 aromatic carbocycles. The standard InChI is InChI=1S/C17H17N5O4S/c18-27(25,26)16-11-13(22(23)24)6-7-15(16)19-9-10-20-17-8-5-12-3-1-2-4-14(12)21-17/h1-8,11,19H,9-10H2,(H,20,21)(H2,18,25,26). The number of fused-ring (bicyclic) bond motifs is 1. The van der Waals surface area contributed by atoms with Gasteiger partial charge in [0.25, 0.3) is 5.69 Å². The lowest BCUT2D eigenvalue weighted by atomic mass is 10.2. The van der Waals surface area contributed by atoms with Gasteiger partial charge in [0.05, 0.1) is 16.1 Å². The molecule has 0 amide bonds. The number of hydrogen-bond acceptors (Lipinski definition) is 7. The lowest BCUT2D eigenvalue weighted by Gasteiger charge is -2.12. The second-order valence-corrected chi connectivity index (χ2v) is 7.26. The molecule has 0 atom stereocenters. The van der Waals surface area contributed by atoms with Crippen LogP contribution >= 0.6 is 0 Å². The summed E-state index contributed by atoms with van der Waals surface area (Å²) in [5.74, 6) is 0.686. The number of nitro groups is 1. The van der Waals surface area contributed by atoms with Gasteiger partial charge in [0.2, 0.25) is 10.0 Å². The molecule has 10 heteroatoms. The van der Waals surface area contributed by atoms with Gasteiger partial charge < -0.3 is 10.6 Å². The summed E-state index contributed by atoms with van der Waals surface area (Å²) in [6.45, 7) is 0.807. The Kier molecular flexibility index (Phi) is 5.19. The minimum absolute atomic E-state index is 0.205. The quantitative estimate of drug-likeness (QED) is 0.321. The number of non-ortho nitro benzene ring substituents is 1. The zero-order valence-corrected chi connectivity index (χ0v) is 14.9. The molecule has 0 saturated carbocycles. The Morgan fingerprint density at radius 1 is 1.04 bits per heavy atom. The monoisotopic (exact) mass is 387 g/mol. The number of nitrogens with one attached hydrogen (secondary N) is 2. The van der Waals surface area contributed by atoms with Crippen LogP contribution in [-0.2, 0) is 10.0 Å². The Hall–Kier alpha value is -3.24. The van der Waals surface area contributed by atoms with Crippen molar-refractivity contribution in [2.24, 2.45) is 5.14 Å². The minimum atomic E-state index is -4.10. The third kappa shape index (κ3) is 4.49. The number of anilines is 2. The lowest BCUT2D eigenvalue weighted by molar-refractivity contribution is -0.385. The van der Waals surface area contributed by atoms with Crippen molar-refractivity contribution in [1.29, 1.82) is 0 Å². The number of aromatic nitrogens is 1. The maximum atomic E-state index is 11.7. The predicted octanol–water partition coefficient (Wildman–Crippen LogP) is 2.31. The number of benzene rings is 2. The van der Waals surface area contributed by atoms with Crippen molar-refractivity contribution in [3.63, 3.8) is 0 Å². The van der Waals surface area contributed by atoms with E-state index in [-0.39, 0.29) is 16.3 Å². The molecule has 0 saturated heterocycles. The first-order valence-corrected chi connectivity index (χ1v) is 9.54. The summed E-state index contributed by atoms with van der Waals surface area (Å²) in [6, 6.07) is 15.0. The molecule has 1 heterocycles. The van der Waals surface area contributed by atoms with Gasteiger partial charge in [-0.3, -0.25) is 10.1 Å². The second-order valence-electron chi connectivity index (χ2n) is 5.73. The van der Waals surface area contributed by atoms with Crippen molar-refractivity contribution in [3.8, 4) is 0 Å².